The quantitative estimate of drug-likeness (QED) is 0.810. The third-order valence-electron chi connectivity index (χ3n) is 3.03. The van der Waals surface area contributed by atoms with Crippen LogP contribution in [0, 0.1) is 0 Å². The van der Waals surface area contributed by atoms with Crippen LogP contribution in [0.25, 0.3) is 0 Å². The molecule has 2 N–H and O–H groups in total. The van der Waals surface area contributed by atoms with E-state index in [-0.39, 0.29) is 0 Å². The maximum atomic E-state index is 5.32. The van der Waals surface area contributed by atoms with Gasteiger partial charge in [0.2, 0.25) is 0 Å². The van der Waals surface area contributed by atoms with Gasteiger partial charge in [0.05, 0.1) is 13.2 Å². The number of ether oxygens (including phenoxy) is 1. The Labute approximate surface area is 103 Å². The second-order valence-electron chi connectivity index (χ2n) is 4.21. The smallest absolute Gasteiger partial charge is 0.0594 e. The van der Waals surface area contributed by atoms with Crippen LogP contribution in [0.3, 0.4) is 0 Å². The number of benzene rings is 1. The van der Waals surface area contributed by atoms with Gasteiger partial charge in [-0.3, -0.25) is 4.90 Å². The molecule has 2 rings (SSSR count). The van der Waals surface area contributed by atoms with Gasteiger partial charge in [0.25, 0.3) is 0 Å². The van der Waals surface area contributed by atoms with Crippen molar-refractivity contribution in [1.29, 1.82) is 0 Å². The lowest BCUT2D eigenvalue weighted by molar-refractivity contribution is 0.0398. The van der Waals surface area contributed by atoms with Crippen molar-refractivity contribution in [3.05, 3.63) is 24.3 Å². The van der Waals surface area contributed by atoms with Crippen molar-refractivity contribution in [1.82, 2.24) is 4.90 Å². The summed E-state index contributed by atoms with van der Waals surface area (Å²) in [5.41, 5.74) is 2.32. The summed E-state index contributed by atoms with van der Waals surface area (Å²) in [4.78, 5) is 2.43. The van der Waals surface area contributed by atoms with Crippen LogP contribution >= 0.6 is 0 Å². The van der Waals surface area contributed by atoms with Gasteiger partial charge >= 0.3 is 0 Å². The zero-order chi connectivity index (χ0) is 11.9. The molecule has 0 unspecified atom stereocenters. The van der Waals surface area contributed by atoms with Crippen LogP contribution in [0.1, 0.15) is 0 Å². The molecular formula is C13H21N3O. The molecule has 0 aliphatic carbocycles. The minimum absolute atomic E-state index is 0.872. The Bertz CT molecular complexity index is 320. The SMILES string of the molecule is CNc1ccc(NCCN2CCOCC2)cc1. The second kappa shape index (κ2) is 6.47. The van der Waals surface area contributed by atoms with E-state index in [0.29, 0.717) is 0 Å². The number of hydrogen-bond donors (Lipinski definition) is 2. The van der Waals surface area contributed by atoms with E-state index < -0.39 is 0 Å². The highest BCUT2D eigenvalue weighted by molar-refractivity contribution is 5.53. The highest BCUT2D eigenvalue weighted by Crippen LogP contribution is 2.12. The summed E-state index contributed by atoms with van der Waals surface area (Å²) in [5, 5.41) is 6.55. The van der Waals surface area contributed by atoms with E-state index in [1.807, 2.05) is 7.05 Å². The van der Waals surface area contributed by atoms with E-state index in [0.717, 1.165) is 45.1 Å². The minimum atomic E-state index is 0.872. The van der Waals surface area contributed by atoms with Gasteiger partial charge in [-0.2, -0.15) is 0 Å². The lowest BCUT2D eigenvalue weighted by Gasteiger charge is -2.26. The predicted octanol–water partition coefficient (Wildman–Crippen LogP) is 1.47. The number of nitrogens with one attached hydrogen (secondary N) is 2. The zero-order valence-electron chi connectivity index (χ0n) is 10.4. The largest absolute Gasteiger partial charge is 0.388 e. The highest BCUT2D eigenvalue weighted by atomic mass is 16.5. The van der Waals surface area contributed by atoms with Gasteiger partial charge in [-0.05, 0) is 24.3 Å². The van der Waals surface area contributed by atoms with Crippen LogP contribution in [0.2, 0.25) is 0 Å². The molecule has 1 saturated heterocycles. The lowest BCUT2D eigenvalue weighted by atomic mass is 10.3. The Balaban J connectivity index is 1.69. The molecule has 1 heterocycles. The van der Waals surface area contributed by atoms with E-state index in [1.165, 1.54) is 5.69 Å². The number of nitrogens with zero attached hydrogens (tertiary/aromatic N) is 1. The van der Waals surface area contributed by atoms with Gasteiger partial charge in [0.15, 0.2) is 0 Å². The molecule has 4 nitrogen and oxygen atoms in total. The summed E-state index contributed by atoms with van der Waals surface area (Å²) < 4.78 is 5.32. The van der Waals surface area contributed by atoms with Crippen LogP contribution in [-0.2, 0) is 4.74 Å². The van der Waals surface area contributed by atoms with Gasteiger partial charge in [-0.1, -0.05) is 0 Å². The number of rotatable bonds is 5. The Morgan fingerprint density at radius 3 is 2.41 bits per heavy atom. The fourth-order valence-electron chi connectivity index (χ4n) is 1.94. The summed E-state index contributed by atoms with van der Waals surface area (Å²) in [5.74, 6) is 0. The number of hydrogen-bond acceptors (Lipinski definition) is 4. The first-order valence-corrected chi connectivity index (χ1v) is 6.20. The third-order valence-corrected chi connectivity index (χ3v) is 3.03. The van der Waals surface area contributed by atoms with Gasteiger partial charge < -0.3 is 15.4 Å². The molecule has 4 heteroatoms. The molecule has 1 fully saturated rings. The number of anilines is 2. The first-order chi connectivity index (χ1) is 8.38. The Hall–Kier alpha value is -1.26. The Morgan fingerprint density at radius 1 is 1.12 bits per heavy atom. The van der Waals surface area contributed by atoms with Gasteiger partial charge in [0, 0.05) is 44.6 Å². The average Bonchev–Trinajstić information content (AvgIpc) is 2.41. The molecule has 1 aromatic rings. The van der Waals surface area contributed by atoms with Gasteiger partial charge in [-0.25, -0.2) is 0 Å². The van der Waals surface area contributed by atoms with Crippen molar-refractivity contribution in [3.8, 4) is 0 Å². The molecule has 0 aromatic heterocycles. The molecule has 0 spiro atoms. The molecule has 1 aliphatic heterocycles. The standard InChI is InChI=1S/C13H21N3O/c1-14-12-2-4-13(5-3-12)15-6-7-16-8-10-17-11-9-16/h2-5,14-15H,6-11H2,1H3. The summed E-state index contributed by atoms with van der Waals surface area (Å²) >= 11 is 0. The summed E-state index contributed by atoms with van der Waals surface area (Å²) in [6, 6.07) is 8.37. The fraction of sp³-hybridized carbons (Fsp3) is 0.538. The van der Waals surface area contributed by atoms with Gasteiger partial charge in [-0.15, -0.1) is 0 Å². The van der Waals surface area contributed by atoms with E-state index in [9.17, 15) is 0 Å². The third kappa shape index (κ3) is 3.91. The zero-order valence-corrected chi connectivity index (χ0v) is 10.4. The monoisotopic (exact) mass is 235 g/mol. The Morgan fingerprint density at radius 2 is 1.76 bits per heavy atom. The number of morpholine rings is 1. The topological polar surface area (TPSA) is 36.5 Å². The molecule has 94 valence electrons. The van der Waals surface area contributed by atoms with Crippen LogP contribution in [0.15, 0.2) is 24.3 Å². The van der Waals surface area contributed by atoms with Crippen molar-refractivity contribution in [2.45, 2.75) is 0 Å². The van der Waals surface area contributed by atoms with E-state index >= 15 is 0 Å². The first kappa shape index (κ1) is 12.2. The van der Waals surface area contributed by atoms with Crippen LogP contribution in [-0.4, -0.2) is 51.3 Å². The Kier molecular flexibility index (Phi) is 4.64. The average molecular weight is 235 g/mol. The van der Waals surface area contributed by atoms with Crippen molar-refractivity contribution in [2.24, 2.45) is 0 Å². The van der Waals surface area contributed by atoms with Crippen molar-refractivity contribution < 1.29 is 4.74 Å². The summed E-state index contributed by atoms with van der Waals surface area (Å²) in [6.45, 7) is 5.92. The van der Waals surface area contributed by atoms with E-state index in [4.69, 9.17) is 4.74 Å². The normalized spacial score (nSPS) is 16.8. The predicted molar refractivity (Wildman–Crippen MR) is 71.7 cm³/mol. The fourth-order valence-corrected chi connectivity index (χ4v) is 1.94. The van der Waals surface area contributed by atoms with Crippen LogP contribution < -0.4 is 10.6 Å². The molecule has 1 aliphatic rings. The lowest BCUT2D eigenvalue weighted by Crippen LogP contribution is -2.38. The van der Waals surface area contributed by atoms with Crippen LogP contribution in [0.5, 0.6) is 0 Å². The summed E-state index contributed by atoms with van der Waals surface area (Å²) in [6.07, 6.45) is 0. The molecule has 0 atom stereocenters. The molecule has 0 saturated carbocycles. The van der Waals surface area contributed by atoms with Crippen molar-refractivity contribution >= 4 is 11.4 Å². The molecule has 1 aromatic carbocycles. The second-order valence-corrected chi connectivity index (χ2v) is 4.21. The maximum absolute atomic E-state index is 5.32. The van der Waals surface area contributed by atoms with Crippen LogP contribution in [0.4, 0.5) is 11.4 Å². The summed E-state index contributed by atoms with van der Waals surface area (Å²) in [7, 11) is 1.93. The highest BCUT2D eigenvalue weighted by Gasteiger charge is 2.08. The van der Waals surface area contributed by atoms with E-state index in [1.54, 1.807) is 0 Å². The molecular weight excluding hydrogens is 214 g/mol. The van der Waals surface area contributed by atoms with Crippen molar-refractivity contribution in [2.75, 3.05) is 57.1 Å². The van der Waals surface area contributed by atoms with Crippen molar-refractivity contribution in [3.63, 3.8) is 0 Å². The molecule has 17 heavy (non-hydrogen) atoms. The van der Waals surface area contributed by atoms with E-state index in [2.05, 4.69) is 39.8 Å². The minimum Gasteiger partial charge on any atom is -0.388 e. The maximum Gasteiger partial charge on any atom is 0.0594 e. The molecule has 0 radical (unpaired) electrons. The first-order valence-electron chi connectivity index (χ1n) is 6.20. The van der Waals surface area contributed by atoms with Gasteiger partial charge in [0.1, 0.15) is 0 Å². The molecule has 0 amide bonds. The molecule has 0 bridgehead atoms.